The summed E-state index contributed by atoms with van der Waals surface area (Å²) < 4.78 is 4.76. The van der Waals surface area contributed by atoms with Crippen LogP contribution in [0.1, 0.15) is 33.6 Å². The van der Waals surface area contributed by atoms with Gasteiger partial charge >= 0.3 is 5.97 Å². The van der Waals surface area contributed by atoms with Gasteiger partial charge in [-0.2, -0.15) is 0 Å². The molecule has 4 heteroatoms. The molecule has 16 heavy (non-hydrogen) atoms. The first-order valence-electron chi connectivity index (χ1n) is 5.73. The Kier molecular flexibility index (Phi) is 2.30. The monoisotopic (exact) mass is 225 g/mol. The Morgan fingerprint density at radius 1 is 1.44 bits per heavy atom. The van der Waals surface area contributed by atoms with Crippen molar-refractivity contribution in [3.8, 4) is 0 Å². The van der Waals surface area contributed by atoms with E-state index in [2.05, 4.69) is 19.2 Å². The van der Waals surface area contributed by atoms with E-state index in [1.807, 2.05) is 6.92 Å². The number of fused-ring (bicyclic) bond motifs is 2. The van der Waals surface area contributed by atoms with Gasteiger partial charge in [0.2, 0.25) is 5.91 Å². The maximum Gasteiger partial charge on any atom is 0.328 e. The average molecular weight is 225 g/mol. The molecule has 1 aliphatic heterocycles. The van der Waals surface area contributed by atoms with Crippen LogP contribution < -0.4 is 5.32 Å². The predicted molar refractivity (Wildman–Crippen MR) is 58.6 cm³/mol. The van der Waals surface area contributed by atoms with Crippen molar-refractivity contribution < 1.29 is 14.3 Å². The van der Waals surface area contributed by atoms with Gasteiger partial charge in [-0.05, 0) is 24.2 Å². The van der Waals surface area contributed by atoms with Crippen LogP contribution in [0, 0.1) is 16.7 Å². The number of rotatable bonds is 1. The van der Waals surface area contributed by atoms with Gasteiger partial charge in [0.25, 0.3) is 0 Å². The molecule has 90 valence electrons. The van der Waals surface area contributed by atoms with E-state index in [1.54, 1.807) is 0 Å². The maximum absolute atomic E-state index is 12.1. The summed E-state index contributed by atoms with van der Waals surface area (Å²) in [5.41, 5.74) is -0.490. The molecule has 2 rings (SSSR count). The highest BCUT2D eigenvalue weighted by atomic mass is 16.5. The number of hydrogen-bond acceptors (Lipinski definition) is 3. The molecule has 1 amide bonds. The minimum atomic E-state index is -0.469. The van der Waals surface area contributed by atoms with Gasteiger partial charge in [0.05, 0.1) is 12.5 Å². The summed E-state index contributed by atoms with van der Waals surface area (Å²) in [7, 11) is 1.37. The first kappa shape index (κ1) is 11.4. The molecular formula is C12H19NO3. The molecule has 3 atom stereocenters. The van der Waals surface area contributed by atoms with E-state index in [4.69, 9.17) is 4.74 Å². The molecule has 0 spiro atoms. The lowest BCUT2D eigenvalue weighted by molar-refractivity contribution is -0.157. The molecule has 0 aromatic carbocycles. The standard InChI is InChI=1S/C12H19NO3/c1-11(2)7-5-6-12(11,3)10(15)13-8(7)9(14)16-4/h7-8H,5-6H2,1-4H3,(H,13,15)/t7-,8+,12+/m1/s1. The number of ether oxygens (including phenoxy) is 1. The Labute approximate surface area is 95.7 Å². The number of piperidine rings is 1. The Hall–Kier alpha value is -1.06. The lowest BCUT2D eigenvalue weighted by atomic mass is 9.61. The zero-order chi connectivity index (χ0) is 12.1. The smallest absolute Gasteiger partial charge is 0.328 e. The molecule has 0 unspecified atom stereocenters. The minimum absolute atomic E-state index is 0.0124. The highest BCUT2D eigenvalue weighted by Gasteiger charge is 2.63. The van der Waals surface area contributed by atoms with Crippen LogP contribution in [0.4, 0.5) is 0 Å². The van der Waals surface area contributed by atoms with Crippen molar-refractivity contribution in [2.24, 2.45) is 16.7 Å². The molecule has 1 aliphatic carbocycles. The van der Waals surface area contributed by atoms with Gasteiger partial charge in [-0.15, -0.1) is 0 Å². The third-order valence-electron chi connectivity index (χ3n) is 4.95. The Morgan fingerprint density at radius 3 is 2.62 bits per heavy atom. The molecule has 2 fully saturated rings. The highest BCUT2D eigenvalue weighted by molar-refractivity contribution is 5.91. The molecule has 0 aromatic rings. The van der Waals surface area contributed by atoms with Crippen molar-refractivity contribution in [2.75, 3.05) is 7.11 Å². The highest BCUT2D eigenvalue weighted by Crippen LogP contribution is 2.59. The molecule has 0 radical (unpaired) electrons. The minimum Gasteiger partial charge on any atom is -0.467 e. The van der Waals surface area contributed by atoms with Crippen LogP contribution in [0.2, 0.25) is 0 Å². The van der Waals surface area contributed by atoms with Gasteiger partial charge < -0.3 is 10.1 Å². The van der Waals surface area contributed by atoms with Crippen molar-refractivity contribution in [2.45, 2.75) is 39.7 Å². The summed E-state index contributed by atoms with van der Waals surface area (Å²) in [4.78, 5) is 23.8. The first-order chi connectivity index (χ1) is 7.34. The molecule has 1 saturated carbocycles. The second kappa shape index (κ2) is 3.22. The number of carbonyl (C=O) groups excluding carboxylic acids is 2. The van der Waals surface area contributed by atoms with E-state index in [-0.39, 0.29) is 28.6 Å². The van der Waals surface area contributed by atoms with Crippen LogP contribution in [-0.2, 0) is 14.3 Å². The van der Waals surface area contributed by atoms with Crippen molar-refractivity contribution in [3.05, 3.63) is 0 Å². The molecule has 1 saturated heterocycles. The van der Waals surface area contributed by atoms with Crippen LogP contribution in [-0.4, -0.2) is 25.0 Å². The second-order valence-electron chi connectivity index (χ2n) is 5.67. The Morgan fingerprint density at radius 2 is 2.06 bits per heavy atom. The molecule has 2 bridgehead atoms. The van der Waals surface area contributed by atoms with Gasteiger partial charge in [0.1, 0.15) is 6.04 Å². The first-order valence-corrected chi connectivity index (χ1v) is 5.73. The summed E-state index contributed by atoms with van der Waals surface area (Å²) in [5.74, 6) is -0.153. The topological polar surface area (TPSA) is 55.4 Å². The summed E-state index contributed by atoms with van der Waals surface area (Å²) in [6.45, 7) is 6.16. The predicted octanol–water partition coefficient (Wildman–Crippen LogP) is 1.10. The van der Waals surface area contributed by atoms with Crippen molar-refractivity contribution >= 4 is 11.9 Å². The lowest BCUT2D eigenvalue weighted by Gasteiger charge is -2.47. The fraction of sp³-hybridized carbons (Fsp3) is 0.833. The van der Waals surface area contributed by atoms with Crippen molar-refractivity contribution in [1.82, 2.24) is 5.32 Å². The number of methoxy groups -OCH3 is 1. The van der Waals surface area contributed by atoms with E-state index in [9.17, 15) is 9.59 Å². The summed E-state index contributed by atoms with van der Waals surface area (Å²) in [5, 5.41) is 2.81. The van der Waals surface area contributed by atoms with Crippen LogP contribution >= 0.6 is 0 Å². The average Bonchev–Trinajstić information content (AvgIpc) is 2.38. The van der Waals surface area contributed by atoms with Crippen LogP contribution in [0.5, 0.6) is 0 Å². The number of carbonyl (C=O) groups is 2. The Bertz CT molecular complexity index is 350. The van der Waals surface area contributed by atoms with E-state index in [1.165, 1.54) is 7.11 Å². The second-order valence-corrected chi connectivity index (χ2v) is 5.67. The quantitative estimate of drug-likeness (QED) is 0.680. The lowest BCUT2D eigenvalue weighted by Crippen LogP contribution is -2.61. The van der Waals surface area contributed by atoms with E-state index in [0.29, 0.717) is 0 Å². The SMILES string of the molecule is COC(=O)[C@H]1NC(=O)[C@]2(C)CC[C@H]1C2(C)C. The number of esters is 1. The maximum atomic E-state index is 12.1. The van der Waals surface area contributed by atoms with Crippen LogP contribution in [0.3, 0.4) is 0 Å². The van der Waals surface area contributed by atoms with Gasteiger partial charge in [-0.1, -0.05) is 20.8 Å². The third kappa shape index (κ3) is 1.16. The van der Waals surface area contributed by atoms with Crippen LogP contribution in [0.25, 0.3) is 0 Å². The van der Waals surface area contributed by atoms with E-state index in [0.717, 1.165) is 12.8 Å². The summed E-state index contributed by atoms with van der Waals surface area (Å²) in [6, 6.07) is -0.469. The number of nitrogens with one attached hydrogen (secondary N) is 1. The summed E-state index contributed by atoms with van der Waals surface area (Å²) >= 11 is 0. The fourth-order valence-corrected chi connectivity index (χ4v) is 3.28. The van der Waals surface area contributed by atoms with Crippen LogP contribution in [0.15, 0.2) is 0 Å². The fourth-order valence-electron chi connectivity index (χ4n) is 3.28. The Balaban J connectivity index is 2.38. The number of amides is 1. The van der Waals surface area contributed by atoms with E-state index >= 15 is 0 Å². The molecule has 1 N–H and O–H groups in total. The molecule has 0 aromatic heterocycles. The number of hydrogen-bond donors (Lipinski definition) is 1. The molecule has 4 nitrogen and oxygen atoms in total. The zero-order valence-corrected chi connectivity index (χ0v) is 10.3. The van der Waals surface area contributed by atoms with Crippen molar-refractivity contribution in [1.29, 1.82) is 0 Å². The van der Waals surface area contributed by atoms with Crippen molar-refractivity contribution in [3.63, 3.8) is 0 Å². The van der Waals surface area contributed by atoms with Gasteiger partial charge in [-0.25, -0.2) is 4.79 Å². The third-order valence-corrected chi connectivity index (χ3v) is 4.95. The summed E-state index contributed by atoms with van der Waals surface area (Å²) in [6.07, 6.45) is 1.76. The largest absolute Gasteiger partial charge is 0.467 e. The van der Waals surface area contributed by atoms with Gasteiger partial charge in [-0.3, -0.25) is 4.79 Å². The zero-order valence-electron chi connectivity index (χ0n) is 10.3. The van der Waals surface area contributed by atoms with E-state index < -0.39 is 6.04 Å². The molecule has 1 heterocycles. The van der Waals surface area contributed by atoms with Gasteiger partial charge in [0.15, 0.2) is 0 Å². The molecular weight excluding hydrogens is 206 g/mol. The normalized spacial score (nSPS) is 40.4. The molecule has 2 aliphatic rings. The van der Waals surface area contributed by atoms with Gasteiger partial charge in [0, 0.05) is 0 Å².